The zero-order chi connectivity index (χ0) is 19.5. The minimum Gasteiger partial charge on any atom is -0.235 e. The van der Waals surface area contributed by atoms with Crippen LogP contribution in [0.2, 0.25) is 0 Å². The van der Waals surface area contributed by atoms with Crippen molar-refractivity contribution in [3.05, 3.63) is 95.8 Å². The first-order chi connectivity index (χ1) is 13.7. The Labute approximate surface area is 160 Å². The van der Waals surface area contributed by atoms with Crippen molar-refractivity contribution < 1.29 is 8.78 Å². The van der Waals surface area contributed by atoms with Gasteiger partial charge in [-0.25, -0.2) is 28.6 Å². The van der Waals surface area contributed by atoms with Crippen LogP contribution in [0.1, 0.15) is 0 Å². The molecule has 0 N–H and O–H groups in total. The third kappa shape index (κ3) is 3.33. The highest BCUT2D eigenvalue weighted by atomic mass is 19.1. The highest BCUT2D eigenvalue weighted by molar-refractivity contribution is 5.69. The molecule has 4 aromatic rings. The number of aromatic nitrogens is 3. The normalized spacial score (nSPS) is 10.5. The number of hydrogen-bond donors (Lipinski definition) is 0. The first-order valence-corrected chi connectivity index (χ1v) is 8.39. The van der Waals surface area contributed by atoms with Crippen LogP contribution < -0.4 is 0 Å². The molecule has 0 saturated carbocycles. The van der Waals surface area contributed by atoms with Crippen molar-refractivity contribution in [2.75, 3.05) is 0 Å². The monoisotopic (exact) mass is 370 g/mol. The molecule has 0 amide bonds. The maximum Gasteiger partial charge on any atom is 0.222 e. The minimum atomic E-state index is -0.920. The van der Waals surface area contributed by atoms with Crippen LogP contribution in [0.25, 0.3) is 39.0 Å². The maximum absolute atomic E-state index is 14.5. The lowest BCUT2D eigenvalue weighted by atomic mass is 10.1. The first kappa shape index (κ1) is 17.4. The predicted octanol–water partition coefficient (Wildman–Crippen LogP) is 5.70. The lowest BCUT2D eigenvalue weighted by Gasteiger charge is -2.09. The number of halogens is 2. The fourth-order valence-corrected chi connectivity index (χ4v) is 2.72. The molecule has 0 radical (unpaired) electrons. The summed E-state index contributed by atoms with van der Waals surface area (Å²) in [7, 11) is 0. The van der Waals surface area contributed by atoms with Crippen LogP contribution in [0.5, 0.6) is 0 Å². The number of hydrogen-bond acceptors (Lipinski definition) is 3. The number of benzene rings is 3. The van der Waals surface area contributed by atoms with Crippen molar-refractivity contribution in [2.24, 2.45) is 0 Å². The summed E-state index contributed by atoms with van der Waals surface area (Å²) >= 11 is 0. The summed E-state index contributed by atoms with van der Waals surface area (Å²) in [6.07, 6.45) is 0. The van der Waals surface area contributed by atoms with Gasteiger partial charge in [0.2, 0.25) is 5.69 Å². The van der Waals surface area contributed by atoms with E-state index in [-0.39, 0.29) is 17.1 Å². The Balaban J connectivity index is 1.97. The largest absolute Gasteiger partial charge is 0.235 e. The van der Waals surface area contributed by atoms with E-state index in [1.165, 1.54) is 0 Å². The Kier molecular flexibility index (Phi) is 4.56. The van der Waals surface area contributed by atoms with Crippen molar-refractivity contribution in [3.8, 4) is 34.2 Å². The van der Waals surface area contributed by atoms with E-state index in [4.69, 9.17) is 6.57 Å². The van der Waals surface area contributed by atoms with Crippen LogP contribution in [-0.2, 0) is 0 Å². The molecule has 0 aliphatic heterocycles. The third-order valence-electron chi connectivity index (χ3n) is 4.10. The zero-order valence-corrected chi connectivity index (χ0v) is 14.5. The predicted molar refractivity (Wildman–Crippen MR) is 102 cm³/mol. The van der Waals surface area contributed by atoms with E-state index >= 15 is 0 Å². The summed E-state index contributed by atoms with van der Waals surface area (Å²) in [5, 5.41) is 0. The molecule has 0 aliphatic rings. The topological polar surface area (TPSA) is 43.0 Å². The van der Waals surface area contributed by atoms with Gasteiger partial charge in [-0.2, -0.15) is 0 Å². The van der Waals surface area contributed by atoms with Crippen LogP contribution in [0.3, 0.4) is 0 Å². The maximum atomic E-state index is 14.5. The van der Waals surface area contributed by atoms with Crippen molar-refractivity contribution >= 4 is 5.69 Å². The van der Waals surface area contributed by atoms with Gasteiger partial charge in [0.05, 0.1) is 6.57 Å². The number of nitrogens with zero attached hydrogens (tertiary/aromatic N) is 4. The second-order valence-corrected chi connectivity index (χ2v) is 5.93. The molecule has 1 aromatic heterocycles. The molecule has 1 heterocycles. The SMILES string of the molecule is [C-]#[N+]c1cc(-c2nc(-c3ccccc3)nc(-c3ccccc3)n2)c(F)cc1F. The summed E-state index contributed by atoms with van der Waals surface area (Å²) in [5.74, 6) is -1.00. The molecule has 0 unspecified atom stereocenters. The molecule has 4 rings (SSSR count). The highest BCUT2D eigenvalue weighted by Crippen LogP contribution is 2.30. The standard InChI is InChI=1S/C22H12F2N4/c1-25-19-12-16(17(23)13-18(19)24)22-27-20(14-8-4-2-5-9-14)26-21(28-22)15-10-6-3-7-11-15/h2-13H. The molecule has 0 bridgehead atoms. The summed E-state index contributed by atoms with van der Waals surface area (Å²) < 4.78 is 28.2. The Bertz CT molecular complexity index is 1130. The Hall–Kier alpha value is -3.98. The molecule has 0 fully saturated rings. The molecule has 3 aromatic carbocycles. The summed E-state index contributed by atoms with van der Waals surface area (Å²) in [6.45, 7) is 7.08. The van der Waals surface area contributed by atoms with E-state index in [2.05, 4.69) is 19.8 Å². The van der Waals surface area contributed by atoms with Crippen molar-refractivity contribution in [2.45, 2.75) is 0 Å². The average molecular weight is 370 g/mol. The number of rotatable bonds is 3. The van der Waals surface area contributed by atoms with E-state index in [1.807, 2.05) is 60.7 Å². The van der Waals surface area contributed by atoms with E-state index in [1.54, 1.807) is 0 Å². The van der Waals surface area contributed by atoms with Gasteiger partial charge in [0.1, 0.15) is 11.6 Å². The second-order valence-electron chi connectivity index (χ2n) is 5.93. The van der Waals surface area contributed by atoms with Gasteiger partial charge in [-0.3, -0.25) is 0 Å². The molecule has 28 heavy (non-hydrogen) atoms. The molecular weight excluding hydrogens is 358 g/mol. The molecular formula is C22H12F2N4. The zero-order valence-electron chi connectivity index (χ0n) is 14.5. The first-order valence-electron chi connectivity index (χ1n) is 8.39. The molecule has 6 heteroatoms. The molecule has 0 saturated heterocycles. The second kappa shape index (κ2) is 7.33. The molecule has 0 aliphatic carbocycles. The van der Waals surface area contributed by atoms with Crippen molar-refractivity contribution in [1.82, 2.24) is 15.0 Å². The molecule has 134 valence electrons. The summed E-state index contributed by atoms with van der Waals surface area (Å²) in [5.41, 5.74) is 1.12. The van der Waals surface area contributed by atoms with Gasteiger partial charge >= 0.3 is 0 Å². The summed E-state index contributed by atoms with van der Waals surface area (Å²) in [6, 6.07) is 20.2. The lowest BCUT2D eigenvalue weighted by Crippen LogP contribution is -2.01. The van der Waals surface area contributed by atoms with Gasteiger partial charge in [0, 0.05) is 16.7 Å². The van der Waals surface area contributed by atoms with Crippen LogP contribution >= 0.6 is 0 Å². The quantitative estimate of drug-likeness (QED) is 0.434. The van der Waals surface area contributed by atoms with Gasteiger partial charge in [-0.15, -0.1) is 0 Å². The molecule has 0 spiro atoms. The average Bonchev–Trinajstić information content (AvgIpc) is 2.75. The van der Waals surface area contributed by atoms with Crippen LogP contribution in [0.4, 0.5) is 14.5 Å². The van der Waals surface area contributed by atoms with Gasteiger partial charge in [0.25, 0.3) is 0 Å². The third-order valence-corrected chi connectivity index (χ3v) is 4.10. The smallest absolute Gasteiger partial charge is 0.222 e. The van der Waals surface area contributed by atoms with Gasteiger partial charge in [-0.05, 0) is 12.1 Å². The fraction of sp³-hybridized carbons (Fsp3) is 0. The molecule has 4 nitrogen and oxygen atoms in total. The van der Waals surface area contributed by atoms with Crippen LogP contribution in [0.15, 0.2) is 72.8 Å². The lowest BCUT2D eigenvalue weighted by molar-refractivity contribution is 0.588. The van der Waals surface area contributed by atoms with Crippen LogP contribution in [-0.4, -0.2) is 15.0 Å². The van der Waals surface area contributed by atoms with Crippen molar-refractivity contribution in [1.29, 1.82) is 0 Å². The summed E-state index contributed by atoms with van der Waals surface area (Å²) in [4.78, 5) is 16.4. The van der Waals surface area contributed by atoms with Crippen molar-refractivity contribution in [3.63, 3.8) is 0 Å². The van der Waals surface area contributed by atoms with Gasteiger partial charge < -0.3 is 0 Å². The fourth-order valence-electron chi connectivity index (χ4n) is 2.72. The van der Waals surface area contributed by atoms with Gasteiger partial charge in [0.15, 0.2) is 17.5 Å². The van der Waals surface area contributed by atoms with E-state index in [9.17, 15) is 8.78 Å². The molecule has 0 atom stereocenters. The minimum absolute atomic E-state index is 0.0371. The van der Waals surface area contributed by atoms with E-state index < -0.39 is 11.6 Å². The van der Waals surface area contributed by atoms with Crippen LogP contribution in [0, 0.1) is 18.2 Å². The van der Waals surface area contributed by atoms with E-state index in [0.29, 0.717) is 17.7 Å². The highest BCUT2D eigenvalue weighted by Gasteiger charge is 2.17. The van der Waals surface area contributed by atoms with Gasteiger partial charge in [-0.1, -0.05) is 60.7 Å². The Morgan fingerprint density at radius 2 is 1.14 bits per heavy atom. The Morgan fingerprint density at radius 1 is 0.643 bits per heavy atom. The Morgan fingerprint density at radius 3 is 1.64 bits per heavy atom. The van der Waals surface area contributed by atoms with E-state index in [0.717, 1.165) is 17.2 Å².